The standard InChI is InChI=1S/C20H19N3O3S/c1-4-26-20(25)18-17(14-8-6-5-7-9-14)23-19(27-18)15-10-12(2)21-16(11-15)22-13(3)24/h5-11H,4H2,1-3H3,(H,21,22,24). The summed E-state index contributed by atoms with van der Waals surface area (Å²) in [5.41, 5.74) is 2.95. The molecule has 0 atom stereocenters. The van der Waals surface area contributed by atoms with Crippen LogP contribution in [0.25, 0.3) is 21.8 Å². The third kappa shape index (κ3) is 4.38. The van der Waals surface area contributed by atoms with Crippen molar-refractivity contribution in [1.29, 1.82) is 0 Å². The average molecular weight is 381 g/mol. The van der Waals surface area contributed by atoms with Gasteiger partial charge in [-0.2, -0.15) is 0 Å². The number of esters is 1. The first-order chi connectivity index (χ1) is 13.0. The molecule has 0 aliphatic heterocycles. The van der Waals surface area contributed by atoms with Crippen LogP contribution in [0.3, 0.4) is 0 Å². The molecule has 2 aromatic heterocycles. The largest absolute Gasteiger partial charge is 0.462 e. The number of rotatable bonds is 5. The highest BCUT2D eigenvalue weighted by Gasteiger charge is 2.21. The van der Waals surface area contributed by atoms with Crippen molar-refractivity contribution in [2.45, 2.75) is 20.8 Å². The van der Waals surface area contributed by atoms with E-state index in [2.05, 4.69) is 10.3 Å². The highest BCUT2D eigenvalue weighted by Crippen LogP contribution is 2.35. The second kappa shape index (κ2) is 8.09. The van der Waals surface area contributed by atoms with Crippen molar-refractivity contribution >= 4 is 29.0 Å². The Morgan fingerprint density at radius 2 is 1.85 bits per heavy atom. The Morgan fingerprint density at radius 3 is 2.52 bits per heavy atom. The molecule has 0 fully saturated rings. The number of ether oxygens (including phenoxy) is 1. The van der Waals surface area contributed by atoms with Crippen molar-refractivity contribution in [3.63, 3.8) is 0 Å². The van der Waals surface area contributed by atoms with Crippen LogP contribution in [0.4, 0.5) is 5.82 Å². The van der Waals surface area contributed by atoms with Crippen molar-refractivity contribution in [2.75, 3.05) is 11.9 Å². The van der Waals surface area contributed by atoms with Crippen LogP contribution < -0.4 is 5.32 Å². The van der Waals surface area contributed by atoms with E-state index in [1.807, 2.05) is 43.3 Å². The molecule has 0 saturated heterocycles. The zero-order chi connectivity index (χ0) is 19.4. The first kappa shape index (κ1) is 18.7. The van der Waals surface area contributed by atoms with Crippen molar-refractivity contribution in [2.24, 2.45) is 0 Å². The van der Waals surface area contributed by atoms with Crippen molar-refractivity contribution in [1.82, 2.24) is 9.97 Å². The molecule has 7 heteroatoms. The van der Waals surface area contributed by atoms with E-state index in [0.717, 1.165) is 16.8 Å². The summed E-state index contributed by atoms with van der Waals surface area (Å²) in [6.45, 7) is 5.33. The van der Waals surface area contributed by atoms with Gasteiger partial charge in [-0.25, -0.2) is 14.8 Å². The number of nitrogens with one attached hydrogen (secondary N) is 1. The van der Waals surface area contributed by atoms with Gasteiger partial charge in [0.1, 0.15) is 15.7 Å². The minimum Gasteiger partial charge on any atom is -0.462 e. The van der Waals surface area contributed by atoms with Gasteiger partial charge in [-0.15, -0.1) is 11.3 Å². The molecule has 1 N–H and O–H groups in total. The van der Waals surface area contributed by atoms with Crippen LogP contribution in [0.1, 0.15) is 29.2 Å². The van der Waals surface area contributed by atoms with Crippen LogP contribution in [-0.4, -0.2) is 28.5 Å². The number of benzene rings is 1. The van der Waals surface area contributed by atoms with Crippen molar-refractivity contribution < 1.29 is 14.3 Å². The Balaban J connectivity index is 2.10. The quantitative estimate of drug-likeness (QED) is 0.666. The normalized spacial score (nSPS) is 10.5. The van der Waals surface area contributed by atoms with E-state index in [1.165, 1.54) is 18.3 Å². The lowest BCUT2D eigenvalue weighted by Gasteiger charge is -2.05. The molecule has 0 unspecified atom stereocenters. The molecular formula is C20H19N3O3S. The fourth-order valence-corrected chi connectivity index (χ4v) is 3.58. The van der Waals surface area contributed by atoms with Crippen LogP contribution in [0.15, 0.2) is 42.5 Å². The summed E-state index contributed by atoms with van der Waals surface area (Å²) in [6, 6.07) is 13.1. The minimum atomic E-state index is -0.395. The van der Waals surface area contributed by atoms with Gasteiger partial charge < -0.3 is 10.1 Å². The fourth-order valence-electron chi connectivity index (χ4n) is 2.61. The number of hydrogen-bond acceptors (Lipinski definition) is 6. The third-order valence-electron chi connectivity index (χ3n) is 3.64. The van der Waals surface area contributed by atoms with Gasteiger partial charge in [-0.3, -0.25) is 4.79 Å². The number of anilines is 1. The fraction of sp³-hybridized carbons (Fsp3) is 0.200. The van der Waals surface area contributed by atoms with Gasteiger partial charge >= 0.3 is 5.97 Å². The predicted octanol–water partition coefficient (Wildman–Crippen LogP) is 4.32. The number of aromatic nitrogens is 2. The molecule has 0 radical (unpaired) electrons. The van der Waals surface area contributed by atoms with Gasteiger partial charge in [-0.05, 0) is 26.0 Å². The molecule has 27 heavy (non-hydrogen) atoms. The van der Waals surface area contributed by atoms with E-state index in [1.54, 1.807) is 13.0 Å². The molecule has 0 aliphatic rings. The number of aryl methyl sites for hydroxylation is 1. The first-order valence-electron chi connectivity index (χ1n) is 8.48. The number of nitrogens with zero attached hydrogens (tertiary/aromatic N) is 2. The SMILES string of the molecule is CCOC(=O)c1sc(-c2cc(C)nc(NC(C)=O)c2)nc1-c1ccccc1. The summed E-state index contributed by atoms with van der Waals surface area (Å²) in [5.74, 6) is -0.144. The van der Waals surface area contributed by atoms with Crippen LogP contribution >= 0.6 is 11.3 Å². The predicted molar refractivity (Wildman–Crippen MR) is 106 cm³/mol. The summed E-state index contributed by atoms with van der Waals surface area (Å²) in [5, 5.41) is 3.35. The van der Waals surface area contributed by atoms with Gasteiger partial charge in [-0.1, -0.05) is 30.3 Å². The third-order valence-corrected chi connectivity index (χ3v) is 4.72. The molecule has 1 amide bonds. The van der Waals surface area contributed by atoms with E-state index in [9.17, 15) is 9.59 Å². The summed E-state index contributed by atoms with van der Waals surface area (Å²) in [4.78, 5) is 33.2. The highest BCUT2D eigenvalue weighted by molar-refractivity contribution is 7.17. The molecule has 0 bridgehead atoms. The summed E-state index contributed by atoms with van der Waals surface area (Å²) < 4.78 is 5.20. The Hall–Kier alpha value is -3.06. The highest BCUT2D eigenvalue weighted by atomic mass is 32.1. The van der Waals surface area contributed by atoms with Crippen LogP contribution in [0, 0.1) is 6.92 Å². The number of thiazole rings is 1. The van der Waals surface area contributed by atoms with Gasteiger partial charge in [0.05, 0.1) is 12.3 Å². The zero-order valence-electron chi connectivity index (χ0n) is 15.3. The Labute approximate surface area is 161 Å². The summed E-state index contributed by atoms with van der Waals surface area (Å²) in [6.07, 6.45) is 0. The molecule has 3 aromatic rings. The van der Waals surface area contributed by atoms with Crippen molar-refractivity contribution in [3.8, 4) is 21.8 Å². The number of carbonyl (C=O) groups excluding carboxylic acids is 2. The van der Waals surface area contributed by atoms with Gasteiger partial charge in [0.25, 0.3) is 0 Å². The Kier molecular flexibility index (Phi) is 5.61. The molecule has 0 saturated carbocycles. The molecule has 2 heterocycles. The lowest BCUT2D eigenvalue weighted by Crippen LogP contribution is -2.07. The van der Waals surface area contributed by atoms with Crippen LogP contribution in [-0.2, 0) is 9.53 Å². The second-order valence-corrected chi connectivity index (χ2v) is 6.85. The number of hydrogen-bond donors (Lipinski definition) is 1. The molecule has 0 spiro atoms. The van der Waals surface area contributed by atoms with Crippen molar-refractivity contribution in [3.05, 3.63) is 53.0 Å². The van der Waals surface area contributed by atoms with E-state index in [0.29, 0.717) is 28.0 Å². The molecule has 1 aromatic carbocycles. The minimum absolute atomic E-state index is 0.199. The Morgan fingerprint density at radius 1 is 1.11 bits per heavy atom. The lowest BCUT2D eigenvalue weighted by atomic mass is 10.1. The smallest absolute Gasteiger partial charge is 0.350 e. The summed E-state index contributed by atoms with van der Waals surface area (Å²) in [7, 11) is 0. The maximum atomic E-state index is 12.4. The maximum Gasteiger partial charge on any atom is 0.350 e. The molecule has 3 rings (SSSR count). The van der Waals surface area contributed by atoms with Crippen LogP contribution in [0.2, 0.25) is 0 Å². The maximum absolute atomic E-state index is 12.4. The van der Waals surface area contributed by atoms with E-state index in [-0.39, 0.29) is 5.91 Å². The molecule has 6 nitrogen and oxygen atoms in total. The average Bonchev–Trinajstić information content (AvgIpc) is 3.07. The lowest BCUT2D eigenvalue weighted by molar-refractivity contribution is -0.114. The van der Waals surface area contributed by atoms with Crippen LogP contribution in [0.5, 0.6) is 0 Å². The first-order valence-corrected chi connectivity index (χ1v) is 9.29. The molecular weight excluding hydrogens is 362 g/mol. The Bertz CT molecular complexity index is 983. The second-order valence-electron chi connectivity index (χ2n) is 5.85. The van der Waals surface area contributed by atoms with Gasteiger partial charge in [0.2, 0.25) is 5.91 Å². The molecule has 138 valence electrons. The number of pyridine rings is 1. The van der Waals surface area contributed by atoms with E-state index < -0.39 is 5.97 Å². The molecule has 0 aliphatic carbocycles. The monoisotopic (exact) mass is 381 g/mol. The van der Waals surface area contributed by atoms with Gasteiger partial charge in [0.15, 0.2) is 0 Å². The number of carbonyl (C=O) groups is 2. The summed E-state index contributed by atoms with van der Waals surface area (Å²) >= 11 is 1.27. The topological polar surface area (TPSA) is 81.2 Å². The van der Waals surface area contributed by atoms with Gasteiger partial charge in [0, 0.05) is 23.7 Å². The number of amides is 1. The van der Waals surface area contributed by atoms with E-state index >= 15 is 0 Å². The zero-order valence-corrected chi connectivity index (χ0v) is 16.1. The van der Waals surface area contributed by atoms with E-state index in [4.69, 9.17) is 9.72 Å².